The first-order valence-corrected chi connectivity index (χ1v) is 34.5. The van der Waals surface area contributed by atoms with Crippen molar-refractivity contribution in [1.82, 2.24) is 15.5 Å². The van der Waals surface area contributed by atoms with Crippen molar-refractivity contribution in [1.29, 1.82) is 0 Å². The highest BCUT2D eigenvalue weighted by Crippen LogP contribution is 2.43. The molecule has 21 nitrogen and oxygen atoms in total. The van der Waals surface area contributed by atoms with Gasteiger partial charge in [0, 0.05) is 57.5 Å². The summed E-state index contributed by atoms with van der Waals surface area (Å²) in [5, 5.41) is 5.27. The van der Waals surface area contributed by atoms with Crippen molar-refractivity contribution in [3.8, 4) is 0 Å². The number of phosphoric ester groups is 1. The number of carbonyl (C=O) groups is 6. The zero-order valence-electron chi connectivity index (χ0n) is 52.8. The molecular formula is C63H116N3O18P. The van der Waals surface area contributed by atoms with Gasteiger partial charge in [0.25, 0.3) is 11.8 Å². The lowest BCUT2D eigenvalue weighted by atomic mass is 10.0. The van der Waals surface area contributed by atoms with Crippen LogP contribution in [0.5, 0.6) is 0 Å². The molecular weight excluding hydrogens is 1120 g/mol. The summed E-state index contributed by atoms with van der Waals surface area (Å²) in [6.45, 7) is 7.60. The van der Waals surface area contributed by atoms with Crippen LogP contribution in [0.25, 0.3) is 0 Å². The Morgan fingerprint density at radius 1 is 0.424 bits per heavy atom. The Labute approximate surface area is 511 Å². The molecule has 0 aliphatic carbocycles. The Kier molecular flexibility index (Phi) is 55.8. The number of esters is 2. The normalized spacial score (nSPS) is 13.4. The van der Waals surface area contributed by atoms with Crippen molar-refractivity contribution in [2.24, 2.45) is 0 Å². The van der Waals surface area contributed by atoms with Gasteiger partial charge in [0.15, 0.2) is 6.10 Å². The Morgan fingerprint density at radius 3 is 1.18 bits per heavy atom. The number of hydrogen-bond acceptors (Lipinski definition) is 17. The van der Waals surface area contributed by atoms with Gasteiger partial charge in [-0.3, -0.25) is 42.7 Å². The summed E-state index contributed by atoms with van der Waals surface area (Å²) in [7, 11) is -4.63. The van der Waals surface area contributed by atoms with Crippen molar-refractivity contribution in [3.05, 3.63) is 12.2 Å². The summed E-state index contributed by atoms with van der Waals surface area (Å²) >= 11 is 0. The Bertz CT molecular complexity index is 1710. The molecule has 0 fully saturated rings. The fourth-order valence-corrected chi connectivity index (χ4v) is 9.89. The van der Waals surface area contributed by atoms with Crippen LogP contribution in [-0.4, -0.2) is 170 Å². The van der Waals surface area contributed by atoms with Crippen LogP contribution in [-0.2, 0) is 80.3 Å². The molecule has 0 saturated carbocycles. The molecule has 3 N–H and O–H groups in total. The molecule has 1 aliphatic heterocycles. The van der Waals surface area contributed by atoms with Gasteiger partial charge in [0.2, 0.25) is 11.8 Å². The molecule has 0 aromatic heterocycles. The zero-order chi connectivity index (χ0) is 61.8. The minimum atomic E-state index is -4.63. The van der Waals surface area contributed by atoms with Gasteiger partial charge in [-0.05, 0) is 12.8 Å². The number of nitrogens with one attached hydrogen (secondary N) is 2. The van der Waals surface area contributed by atoms with E-state index in [0.29, 0.717) is 85.5 Å². The SMILES string of the molecule is CCCCCCCCCCCCCCCCCC(=O)OC[C@H](COP(=O)(O)OCCNC(=O)CCOCCOCCOCCOCCOCCOCCNC(=O)CCN1C(=O)C=CC1=O)OC(=O)CCCCCCCCCCCCCCCCC. The van der Waals surface area contributed by atoms with Crippen molar-refractivity contribution >= 4 is 43.4 Å². The van der Waals surface area contributed by atoms with E-state index in [1.807, 2.05) is 0 Å². The molecule has 496 valence electrons. The topological polar surface area (TPSA) is 259 Å². The van der Waals surface area contributed by atoms with E-state index in [0.717, 1.165) is 43.4 Å². The summed E-state index contributed by atoms with van der Waals surface area (Å²) in [5.41, 5.74) is 0. The quantitative estimate of drug-likeness (QED) is 0.0221. The third-order valence-electron chi connectivity index (χ3n) is 14.2. The van der Waals surface area contributed by atoms with E-state index < -0.39 is 44.3 Å². The number of carbonyl (C=O) groups excluding carboxylic acids is 6. The first-order chi connectivity index (χ1) is 41.5. The van der Waals surface area contributed by atoms with E-state index in [1.165, 1.54) is 153 Å². The fourth-order valence-electron chi connectivity index (χ4n) is 9.14. The third-order valence-corrected chi connectivity index (χ3v) is 15.1. The lowest BCUT2D eigenvalue weighted by molar-refractivity contribution is -0.161. The van der Waals surface area contributed by atoms with Crippen LogP contribution in [0.1, 0.15) is 232 Å². The molecule has 0 spiro atoms. The van der Waals surface area contributed by atoms with Gasteiger partial charge in [-0.25, -0.2) is 4.57 Å². The maximum atomic E-state index is 12.9. The average Bonchev–Trinajstić information content (AvgIpc) is 4.12. The second-order valence-corrected chi connectivity index (χ2v) is 23.3. The largest absolute Gasteiger partial charge is 0.472 e. The maximum absolute atomic E-state index is 12.9. The van der Waals surface area contributed by atoms with Crippen molar-refractivity contribution in [2.45, 2.75) is 238 Å². The zero-order valence-corrected chi connectivity index (χ0v) is 53.7. The Morgan fingerprint density at radius 2 is 0.765 bits per heavy atom. The molecule has 1 unspecified atom stereocenters. The summed E-state index contributed by atoms with van der Waals surface area (Å²) in [4.78, 5) is 84.2. The number of hydrogen-bond donors (Lipinski definition) is 3. The van der Waals surface area contributed by atoms with Gasteiger partial charge >= 0.3 is 19.8 Å². The van der Waals surface area contributed by atoms with Crippen molar-refractivity contribution in [2.75, 3.05) is 119 Å². The number of phosphoric acid groups is 1. The van der Waals surface area contributed by atoms with Crippen LogP contribution in [0.3, 0.4) is 0 Å². The minimum Gasteiger partial charge on any atom is -0.462 e. The molecule has 2 atom stereocenters. The molecule has 4 amide bonds. The van der Waals surface area contributed by atoms with Crippen LogP contribution in [0, 0.1) is 0 Å². The van der Waals surface area contributed by atoms with E-state index in [1.54, 1.807) is 0 Å². The van der Waals surface area contributed by atoms with E-state index in [4.69, 9.17) is 46.9 Å². The molecule has 0 aromatic rings. The van der Waals surface area contributed by atoms with E-state index >= 15 is 0 Å². The summed E-state index contributed by atoms with van der Waals surface area (Å²) in [5.74, 6) is -2.37. The van der Waals surface area contributed by atoms with Gasteiger partial charge in [0.1, 0.15) is 6.61 Å². The lowest BCUT2D eigenvalue weighted by Gasteiger charge is -2.20. The predicted octanol–water partition coefficient (Wildman–Crippen LogP) is 11.1. The molecule has 1 rings (SSSR count). The number of rotatable bonds is 66. The van der Waals surface area contributed by atoms with Crippen LogP contribution < -0.4 is 10.6 Å². The number of ether oxygens (including phenoxy) is 8. The van der Waals surface area contributed by atoms with Gasteiger partial charge < -0.3 is 53.4 Å². The number of nitrogens with zero attached hydrogens (tertiary/aromatic N) is 1. The minimum absolute atomic E-state index is 0.0274. The highest BCUT2D eigenvalue weighted by molar-refractivity contribution is 7.47. The van der Waals surface area contributed by atoms with Crippen LogP contribution in [0.2, 0.25) is 0 Å². The molecule has 22 heteroatoms. The molecule has 85 heavy (non-hydrogen) atoms. The number of imide groups is 1. The van der Waals surface area contributed by atoms with Crippen LogP contribution in [0.4, 0.5) is 0 Å². The predicted molar refractivity (Wildman–Crippen MR) is 328 cm³/mol. The van der Waals surface area contributed by atoms with Crippen molar-refractivity contribution in [3.63, 3.8) is 0 Å². The molecule has 0 radical (unpaired) electrons. The number of unbranched alkanes of at least 4 members (excludes halogenated alkanes) is 28. The van der Waals surface area contributed by atoms with Gasteiger partial charge in [0.05, 0.1) is 92.5 Å². The van der Waals surface area contributed by atoms with Crippen LogP contribution in [0.15, 0.2) is 12.2 Å². The monoisotopic (exact) mass is 1230 g/mol. The first-order valence-electron chi connectivity index (χ1n) is 33.0. The van der Waals surface area contributed by atoms with Gasteiger partial charge in [-0.2, -0.15) is 0 Å². The van der Waals surface area contributed by atoms with Crippen LogP contribution >= 0.6 is 7.82 Å². The van der Waals surface area contributed by atoms with Gasteiger partial charge in [-0.1, -0.05) is 194 Å². The highest BCUT2D eigenvalue weighted by Gasteiger charge is 2.27. The van der Waals surface area contributed by atoms with Crippen molar-refractivity contribution < 1.29 is 85.2 Å². The molecule has 1 heterocycles. The molecule has 0 saturated heterocycles. The maximum Gasteiger partial charge on any atom is 0.472 e. The standard InChI is InChI=1S/C63H116N3O18P/c1-3-5-7-9-11-13-15-17-19-21-23-25-27-29-31-33-62(71)81-55-57(84-63(72)34-32-30-28-26-24-22-20-18-16-14-12-10-8-6-4-2)56-83-85(73,74)82-44-40-65-59(68)38-42-75-45-47-77-49-51-79-53-54-80-52-50-78-48-46-76-43-39-64-58(67)37-41-66-60(69)35-36-61(66)70/h35-36,57H,3-34,37-56H2,1-2H3,(H,64,67)(H,65,68)(H,73,74)/t57-/m1/s1. The molecule has 0 aromatic carbocycles. The second kappa shape index (κ2) is 59.6. The average molecular weight is 1230 g/mol. The Hall–Kier alpha value is -3.37. The lowest BCUT2D eigenvalue weighted by Crippen LogP contribution is -2.35. The molecule has 1 aliphatic rings. The smallest absolute Gasteiger partial charge is 0.462 e. The van der Waals surface area contributed by atoms with E-state index in [2.05, 4.69) is 24.5 Å². The summed E-state index contributed by atoms with van der Waals surface area (Å²) in [6.07, 6.45) is 38.2. The summed E-state index contributed by atoms with van der Waals surface area (Å²) in [6, 6.07) is 0. The Balaban J connectivity index is 2.17. The fraction of sp³-hybridized carbons (Fsp3) is 0.873. The third kappa shape index (κ3) is 54.5. The highest BCUT2D eigenvalue weighted by atomic mass is 31.2. The number of amides is 4. The van der Waals surface area contributed by atoms with Gasteiger partial charge in [-0.15, -0.1) is 0 Å². The van der Waals surface area contributed by atoms with E-state index in [9.17, 15) is 38.2 Å². The van der Waals surface area contributed by atoms with E-state index in [-0.39, 0.29) is 77.0 Å². The second-order valence-electron chi connectivity index (χ2n) is 21.8. The molecule has 0 bridgehead atoms. The first kappa shape index (κ1) is 79.6. The summed E-state index contributed by atoms with van der Waals surface area (Å²) < 4.78 is 66.9.